The largest absolute Gasteiger partial charge is 0.390 e. The van der Waals surface area contributed by atoms with Gasteiger partial charge in [-0.05, 0) is 5.92 Å². The smallest absolute Gasteiger partial charge is 0.283 e. The lowest BCUT2D eigenvalue weighted by atomic mass is 10.0. The number of aliphatic hydroxyl groups excluding tert-OH is 1. The lowest BCUT2D eigenvalue weighted by molar-refractivity contribution is -0.0902. The van der Waals surface area contributed by atoms with Crippen molar-refractivity contribution in [2.45, 2.75) is 12.8 Å². The van der Waals surface area contributed by atoms with E-state index in [4.69, 9.17) is 5.11 Å². The van der Waals surface area contributed by atoms with Gasteiger partial charge in [0.1, 0.15) is 6.61 Å². The average Bonchev–Trinajstić information content (AvgIpc) is 1.84. The van der Waals surface area contributed by atoms with Crippen LogP contribution < -0.4 is 0 Å². The third kappa shape index (κ3) is 2.38. The molecule has 0 bridgehead atoms. The van der Waals surface area contributed by atoms with E-state index in [-0.39, 0.29) is 6.54 Å². The van der Waals surface area contributed by atoms with Gasteiger partial charge < -0.3 is 5.11 Å². The number of hydrogen-bond acceptors (Lipinski definition) is 2. The number of halogens is 2. The Balaban J connectivity index is 2.21. The summed E-state index contributed by atoms with van der Waals surface area (Å²) in [5.41, 5.74) is 0. The molecular formula is C7H13F2NO. The highest BCUT2D eigenvalue weighted by molar-refractivity contribution is 4.81. The van der Waals surface area contributed by atoms with Crippen molar-refractivity contribution in [3.63, 3.8) is 0 Å². The SMILES string of the molecule is CC1CN(CC(F)(F)CO)C1. The molecule has 1 heterocycles. The maximum Gasteiger partial charge on any atom is 0.283 e. The zero-order valence-corrected chi connectivity index (χ0v) is 6.56. The summed E-state index contributed by atoms with van der Waals surface area (Å²) in [6.45, 7) is 2.14. The molecule has 0 atom stereocenters. The summed E-state index contributed by atoms with van der Waals surface area (Å²) in [7, 11) is 0. The van der Waals surface area contributed by atoms with Crippen molar-refractivity contribution in [2.75, 3.05) is 26.2 Å². The van der Waals surface area contributed by atoms with E-state index in [2.05, 4.69) is 0 Å². The molecule has 0 aromatic heterocycles. The number of rotatable bonds is 3. The standard InChI is InChI=1S/C7H13F2NO/c1-6-2-10(3-6)4-7(8,9)5-11/h6,11H,2-5H2,1H3. The highest BCUT2D eigenvalue weighted by atomic mass is 19.3. The van der Waals surface area contributed by atoms with Crippen LogP contribution in [-0.2, 0) is 0 Å². The molecule has 2 nitrogen and oxygen atoms in total. The molecule has 4 heteroatoms. The average molecular weight is 165 g/mol. The zero-order valence-electron chi connectivity index (χ0n) is 6.56. The Morgan fingerprint density at radius 3 is 2.45 bits per heavy atom. The second-order valence-electron chi connectivity index (χ2n) is 3.31. The first-order valence-corrected chi connectivity index (χ1v) is 3.74. The molecule has 1 N–H and O–H groups in total. The van der Waals surface area contributed by atoms with Gasteiger partial charge in [-0.2, -0.15) is 0 Å². The topological polar surface area (TPSA) is 23.5 Å². The van der Waals surface area contributed by atoms with Crippen LogP contribution in [0.3, 0.4) is 0 Å². The van der Waals surface area contributed by atoms with Gasteiger partial charge >= 0.3 is 0 Å². The first kappa shape index (κ1) is 8.87. The van der Waals surface area contributed by atoms with Crippen molar-refractivity contribution in [1.82, 2.24) is 4.90 Å². The fourth-order valence-electron chi connectivity index (χ4n) is 1.33. The van der Waals surface area contributed by atoms with E-state index < -0.39 is 12.5 Å². The Kier molecular flexibility index (Phi) is 2.44. The maximum absolute atomic E-state index is 12.5. The predicted octanol–water partition coefficient (Wildman–Crippen LogP) is 0.566. The van der Waals surface area contributed by atoms with Crippen LogP contribution in [0.4, 0.5) is 8.78 Å². The first-order chi connectivity index (χ1) is 5.03. The third-order valence-corrected chi connectivity index (χ3v) is 1.83. The molecule has 1 rings (SSSR count). The molecule has 0 aliphatic carbocycles. The Bertz CT molecular complexity index is 134. The van der Waals surface area contributed by atoms with Gasteiger partial charge in [0.05, 0.1) is 6.54 Å². The predicted molar refractivity (Wildman–Crippen MR) is 37.6 cm³/mol. The molecule has 0 amide bonds. The summed E-state index contributed by atoms with van der Waals surface area (Å²) >= 11 is 0. The van der Waals surface area contributed by atoms with Crippen molar-refractivity contribution >= 4 is 0 Å². The van der Waals surface area contributed by atoms with Crippen molar-refractivity contribution < 1.29 is 13.9 Å². The number of alkyl halides is 2. The molecule has 1 fully saturated rings. The highest BCUT2D eigenvalue weighted by Crippen LogP contribution is 2.20. The van der Waals surface area contributed by atoms with Gasteiger partial charge in [0.25, 0.3) is 5.92 Å². The Hall–Kier alpha value is -0.220. The molecule has 0 aromatic carbocycles. The summed E-state index contributed by atoms with van der Waals surface area (Å²) in [5, 5.41) is 8.25. The second-order valence-corrected chi connectivity index (χ2v) is 3.31. The van der Waals surface area contributed by atoms with E-state index in [0.717, 1.165) is 13.1 Å². The van der Waals surface area contributed by atoms with Crippen LogP contribution in [-0.4, -0.2) is 42.2 Å². The lowest BCUT2D eigenvalue weighted by Gasteiger charge is -2.38. The minimum Gasteiger partial charge on any atom is -0.390 e. The first-order valence-electron chi connectivity index (χ1n) is 3.74. The molecule has 0 spiro atoms. The second kappa shape index (κ2) is 3.03. The Morgan fingerprint density at radius 2 is 2.09 bits per heavy atom. The van der Waals surface area contributed by atoms with Gasteiger partial charge in [-0.15, -0.1) is 0 Å². The zero-order chi connectivity index (χ0) is 8.48. The van der Waals surface area contributed by atoms with Crippen LogP contribution in [0, 0.1) is 5.92 Å². The summed E-state index contributed by atoms with van der Waals surface area (Å²) in [5.74, 6) is -2.38. The van der Waals surface area contributed by atoms with Gasteiger partial charge in [-0.25, -0.2) is 8.78 Å². The summed E-state index contributed by atoms with van der Waals surface area (Å²) in [6, 6.07) is 0. The van der Waals surface area contributed by atoms with Gasteiger partial charge in [0, 0.05) is 13.1 Å². The number of likely N-dealkylation sites (tertiary alicyclic amines) is 1. The van der Waals surface area contributed by atoms with Gasteiger partial charge in [0.2, 0.25) is 0 Å². The molecule has 0 aromatic rings. The fraction of sp³-hybridized carbons (Fsp3) is 1.00. The Labute approximate surface area is 64.8 Å². The van der Waals surface area contributed by atoms with Crippen LogP contribution in [0.25, 0.3) is 0 Å². The highest BCUT2D eigenvalue weighted by Gasteiger charge is 2.34. The van der Waals surface area contributed by atoms with Gasteiger partial charge in [-0.3, -0.25) is 4.90 Å². The molecule has 0 saturated carbocycles. The minimum atomic E-state index is -2.92. The molecule has 1 saturated heterocycles. The number of nitrogens with zero attached hydrogens (tertiary/aromatic N) is 1. The molecule has 66 valence electrons. The van der Waals surface area contributed by atoms with Crippen LogP contribution in [0.15, 0.2) is 0 Å². The quantitative estimate of drug-likeness (QED) is 0.660. The summed E-state index contributed by atoms with van der Waals surface area (Å²) in [6.07, 6.45) is 0. The van der Waals surface area contributed by atoms with Crippen LogP contribution in [0.5, 0.6) is 0 Å². The Morgan fingerprint density at radius 1 is 1.55 bits per heavy atom. The van der Waals surface area contributed by atoms with E-state index >= 15 is 0 Å². The van der Waals surface area contributed by atoms with E-state index in [1.807, 2.05) is 6.92 Å². The van der Waals surface area contributed by atoms with Gasteiger partial charge in [-0.1, -0.05) is 6.92 Å². The molecule has 1 aliphatic heterocycles. The fourth-order valence-corrected chi connectivity index (χ4v) is 1.33. The van der Waals surface area contributed by atoms with Crippen LogP contribution in [0.2, 0.25) is 0 Å². The van der Waals surface area contributed by atoms with Crippen molar-refractivity contribution in [3.8, 4) is 0 Å². The number of hydrogen-bond donors (Lipinski definition) is 1. The van der Waals surface area contributed by atoms with Crippen molar-refractivity contribution in [1.29, 1.82) is 0 Å². The number of aliphatic hydroxyl groups is 1. The minimum absolute atomic E-state index is 0.298. The van der Waals surface area contributed by atoms with E-state index in [1.165, 1.54) is 0 Å². The molecule has 1 aliphatic rings. The van der Waals surface area contributed by atoms with Crippen LogP contribution in [0.1, 0.15) is 6.92 Å². The normalized spacial score (nSPS) is 21.8. The molecular weight excluding hydrogens is 152 g/mol. The lowest BCUT2D eigenvalue weighted by Crippen LogP contribution is -2.51. The van der Waals surface area contributed by atoms with Crippen molar-refractivity contribution in [2.24, 2.45) is 5.92 Å². The third-order valence-electron chi connectivity index (χ3n) is 1.83. The molecule has 0 radical (unpaired) electrons. The van der Waals surface area contributed by atoms with E-state index in [9.17, 15) is 8.78 Å². The summed E-state index contributed by atoms with van der Waals surface area (Å²) < 4.78 is 24.9. The monoisotopic (exact) mass is 165 g/mol. The van der Waals surface area contributed by atoms with Crippen molar-refractivity contribution in [3.05, 3.63) is 0 Å². The van der Waals surface area contributed by atoms with E-state index in [1.54, 1.807) is 4.90 Å². The molecule has 0 unspecified atom stereocenters. The maximum atomic E-state index is 12.5. The summed E-state index contributed by atoms with van der Waals surface area (Å²) in [4.78, 5) is 1.65. The van der Waals surface area contributed by atoms with Gasteiger partial charge in [0.15, 0.2) is 0 Å². The van der Waals surface area contributed by atoms with E-state index in [0.29, 0.717) is 5.92 Å². The van der Waals surface area contributed by atoms with Crippen LogP contribution >= 0.6 is 0 Å². The molecule has 11 heavy (non-hydrogen) atoms.